The van der Waals surface area contributed by atoms with Gasteiger partial charge in [-0.3, -0.25) is 4.39 Å². The van der Waals surface area contributed by atoms with Crippen LogP contribution < -0.4 is 14.8 Å². The third-order valence-corrected chi connectivity index (χ3v) is 6.22. The molecule has 0 aliphatic carbocycles. The van der Waals surface area contributed by atoms with Gasteiger partial charge in [0.1, 0.15) is 18.1 Å². The van der Waals surface area contributed by atoms with E-state index in [1.165, 1.54) is 0 Å². The normalized spacial score (nSPS) is 11.6. The number of alkyl halides is 1. The summed E-state index contributed by atoms with van der Waals surface area (Å²) in [6, 6.07) is 13.4. The molecule has 0 saturated heterocycles. The summed E-state index contributed by atoms with van der Waals surface area (Å²) in [6.45, 7) is 1.99. The predicted octanol–water partition coefficient (Wildman–Crippen LogP) is 6.18. The zero-order chi connectivity index (χ0) is 23.2. The first-order valence-corrected chi connectivity index (χ1v) is 12.0. The van der Waals surface area contributed by atoms with Gasteiger partial charge < -0.3 is 19.5 Å². The van der Waals surface area contributed by atoms with Crippen molar-refractivity contribution in [3.63, 3.8) is 0 Å². The summed E-state index contributed by atoms with van der Waals surface area (Å²) in [5.74, 6) is 2.43. The first-order chi connectivity index (χ1) is 15.6. The Morgan fingerprint density at radius 2 is 1.81 bits per heavy atom. The molecule has 2 aromatic carbocycles. The van der Waals surface area contributed by atoms with Crippen molar-refractivity contribution in [1.82, 2.24) is 5.32 Å². The maximum atomic E-state index is 12.3. The zero-order valence-corrected chi connectivity index (χ0v) is 20.0. The van der Waals surface area contributed by atoms with Crippen molar-refractivity contribution in [3.8, 4) is 11.5 Å². The van der Waals surface area contributed by atoms with Crippen molar-refractivity contribution in [1.29, 1.82) is 0 Å². The molecule has 0 heterocycles. The lowest BCUT2D eigenvalue weighted by Gasteiger charge is -2.20. The fourth-order valence-corrected chi connectivity index (χ4v) is 4.30. The van der Waals surface area contributed by atoms with Gasteiger partial charge in [0.25, 0.3) is 0 Å². The van der Waals surface area contributed by atoms with Crippen LogP contribution >= 0.6 is 11.8 Å². The van der Waals surface area contributed by atoms with Crippen molar-refractivity contribution >= 4 is 17.9 Å². The van der Waals surface area contributed by atoms with Gasteiger partial charge in [0, 0.05) is 6.04 Å². The second-order valence-corrected chi connectivity index (χ2v) is 8.57. The third kappa shape index (κ3) is 8.61. The van der Waals surface area contributed by atoms with E-state index in [0.717, 1.165) is 52.5 Å². The second-order valence-electron chi connectivity index (χ2n) is 7.43. The number of hydrogen-bond donors (Lipinski definition) is 1. The van der Waals surface area contributed by atoms with Gasteiger partial charge in [-0.2, -0.15) is 0 Å². The van der Waals surface area contributed by atoms with Crippen LogP contribution in [-0.4, -0.2) is 38.8 Å². The number of methoxy groups -OCH3 is 2. The molecule has 0 saturated carbocycles. The summed E-state index contributed by atoms with van der Waals surface area (Å²) in [7, 11) is 3.29. The van der Waals surface area contributed by atoms with E-state index in [2.05, 4.69) is 5.32 Å². The minimum Gasteiger partial charge on any atom is -0.496 e. The van der Waals surface area contributed by atoms with Crippen molar-refractivity contribution in [2.75, 3.05) is 26.6 Å². The molecule has 7 heteroatoms. The lowest BCUT2D eigenvalue weighted by molar-refractivity contribution is 0.135. The number of thioether (sulfide) groups is 1. The van der Waals surface area contributed by atoms with Crippen LogP contribution in [0, 0.1) is 0 Å². The van der Waals surface area contributed by atoms with Crippen molar-refractivity contribution in [2.45, 2.75) is 56.6 Å². The van der Waals surface area contributed by atoms with Gasteiger partial charge >= 0.3 is 6.09 Å². The van der Waals surface area contributed by atoms with E-state index in [0.29, 0.717) is 12.8 Å². The van der Waals surface area contributed by atoms with Crippen LogP contribution in [0.5, 0.6) is 11.5 Å². The van der Waals surface area contributed by atoms with E-state index in [1.54, 1.807) is 26.0 Å². The Kier molecular flexibility index (Phi) is 11.8. The van der Waals surface area contributed by atoms with Crippen LogP contribution in [0.2, 0.25) is 0 Å². The third-order valence-electron chi connectivity index (χ3n) is 5.10. The molecule has 5 nitrogen and oxygen atoms in total. The van der Waals surface area contributed by atoms with E-state index >= 15 is 0 Å². The highest BCUT2D eigenvalue weighted by Gasteiger charge is 2.18. The summed E-state index contributed by atoms with van der Waals surface area (Å²) < 4.78 is 28.8. The molecule has 0 fully saturated rings. The molecule has 2 rings (SSSR count). The summed E-state index contributed by atoms with van der Waals surface area (Å²) in [5, 5.41) is 2.95. The Hall–Kier alpha value is -2.41. The molecule has 176 valence electrons. The molecular weight excluding hydrogens is 429 g/mol. The summed E-state index contributed by atoms with van der Waals surface area (Å²) in [6.07, 6.45) is 3.35. The number of benzene rings is 2. The number of unbranched alkanes of at least 4 members (excludes halogenated alkanes) is 2. The molecule has 1 N–H and O–H groups in total. The zero-order valence-electron chi connectivity index (χ0n) is 19.2. The standard InChI is InChI=1S/C25H34FNO4S/c1-4-21(27-25(28)31-18-19-11-7-5-8-12-19)15-20-16-23(30-3)24(17-22(20)29-2)32-14-10-6-9-13-26/h5,7-8,11-12,16-17,21H,4,6,9-10,13-15,18H2,1-3H3,(H,27,28). The van der Waals surface area contributed by atoms with E-state index in [1.807, 2.05) is 49.4 Å². The van der Waals surface area contributed by atoms with Crippen LogP contribution in [0.4, 0.5) is 9.18 Å². The SMILES string of the molecule is CCC(Cc1cc(OC)c(SCCCCCF)cc1OC)NC(=O)OCc1ccccc1. The molecular formula is C25H34FNO4S. The smallest absolute Gasteiger partial charge is 0.407 e. The Labute approximate surface area is 195 Å². The van der Waals surface area contributed by atoms with Crippen molar-refractivity contribution in [2.24, 2.45) is 0 Å². The largest absolute Gasteiger partial charge is 0.496 e. The molecule has 32 heavy (non-hydrogen) atoms. The number of halogens is 1. The van der Waals surface area contributed by atoms with Crippen LogP contribution in [0.25, 0.3) is 0 Å². The van der Waals surface area contributed by atoms with Gasteiger partial charge in [-0.15, -0.1) is 11.8 Å². The molecule has 0 radical (unpaired) electrons. The molecule has 0 aliphatic rings. The van der Waals surface area contributed by atoms with Gasteiger partial charge in [-0.25, -0.2) is 4.79 Å². The Balaban J connectivity index is 1.99. The fraction of sp³-hybridized carbons (Fsp3) is 0.480. The van der Waals surface area contributed by atoms with Gasteiger partial charge in [0.15, 0.2) is 0 Å². The quantitative estimate of drug-likeness (QED) is 0.268. The molecule has 1 unspecified atom stereocenters. The van der Waals surface area contributed by atoms with Gasteiger partial charge in [0.2, 0.25) is 0 Å². The number of carbonyl (C=O) groups excluding carboxylic acids is 1. The predicted molar refractivity (Wildman–Crippen MR) is 128 cm³/mol. The van der Waals surface area contributed by atoms with Crippen LogP contribution in [-0.2, 0) is 17.8 Å². The molecule has 0 spiro atoms. The van der Waals surface area contributed by atoms with E-state index < -0.39 is 6.09 Å². The first-order valence-electron chi connectivity index (χ1n) is 11.0. The fourth-order valence-electron chi connectivity index (χ4n) is 3.26. The van der Waals surface area contributed by atoms with Gasteiger partial charge in [-0.05, 0) is 54.7 Å². The van der Waals surface area contributed by atoms with Crippen molar-refractivity contribution in [3.05, 3.63) is 53.6 Å². The van der Waals surface area contributed by atoms with Crippen LogP contribution in [0.1, 0.15) is 43.7 Å². The highest BCUT2D eigenvalue weighted by atomic mass is 32.2. The van der Waals surface area contributed by atoms with Crippen LogP contribution in [0.3, 0.4) is 0 Å². The van der Waals surface area contributed by atoms with Gasteiger partial charge in [0.05, 0.1) is 25.8 Å². The molecule has 1 atom stereocenters. The number of hydrogen-bond acceptors (Lipinski definition) is 5. The van der Waals surface area contributed by atoms with Gasteiger partial charge in [-0.1, -0.05) is 43.7 Å². The minimum atomic E-state index is -0.438. The monoisotopic (exact) mass is 463 g/mol. The topological polar surface area (TPSA) is 56.8 Å². The van der Waals surface area contributed by atoms with E-state index in [-0.39, 0.29) is 19.3 Å². The Bertz CT molecular complexity index is 819. The number of rotatable bonds is 14. The number of amides is 1. The van der Waals surface area contributed by atoms with E-state index in [4.69, 9.17) is 14.2 Å². The average Bonchev–Trinajstić information content (AvgIpc) is 2.83. The molecule has 1 amide bonds. The average molecular weight is 464 g/mol. The molecule has 0 aromatic heterocycles. The van der Waals surface area contributed by atoms with E-state index in [9.17, 15) is 9.18 Å². The summed E-state index contributed by atoms with van der Waals surface area (Å²) >= 11 is 1.68. The molecule has 0 bridgehead atoms. The first kappa shape index (κ1) is 25.8. The number of carbonyl (C=O) groups is 1. The number of ether oxygens (including phenoxy) is 3. The highest BCUT2D eigenvalue weighted by Crippen LogP contribution is 2.36. The summed E-state index contributed by atoms with van der Waals surface area (Å²) in [5.41, 5.74) is 1.90. The lowest BCUT2D eigenvalue weighted by Crippen LogP contribution is -2.36. The Morgan fingerprint density at radius 3 is 2.47 bits per heavy atom. The molecule has 0 aliphatic heterocycles. The lowest BCUT2D eigenvalue weighted by atomic mass is 10.0. The number of nitrogens with one attached hydrogen (secondary N) is 1. The maximum Gasteiger partial charge on any atom is 0.407 e. The Morgan fingerprint density at radius 1 is 1.06 bits per heavy atom. The summed E-state index contributed by atoms with van der Waals surface area (Å²) in [4.78, 5) is 13.3. The highest BCUT2D eigenvalue weighted by molar-refractivity contribution is 7.99. The number of alkyl carbamates (subject to hydrolysis) is 1. The molecule has 2 aromatic rings. The van der Waals surface area contributed by atoms with Crippen LogP contribution in [0.15, 0.2) is 47.4 Å². The van der Waals surface area contributed by atoms with Crippen molar-refractivity contribution < 1.29 is 23.4 Å². The minimum absolute atomic E-state index is 0.101. The second kappa shape index (κ2) is 14.6. The maximum absolute atomic E-state index is 12.3.